The van der Waals surface area contributed by atoms with Gasteiger partial charge in [0.1, 0.15) is 5.75 Å². The molecule has 3 aromatic rings. The standard InChI is InChI=1S/C20H19O/c1-2-8-19(9-3-1)21-20-11-10-17-12-15-6-4-5-7-16(15)13-18(17)14-20/h4-7,10-13,19H,1-3,8-9H2. The smallest absolute Gasteiger partial charge is 0.128 e. The third-order valence-electron chi connectivity index (χ3n) is 4.44. The van der Waals surface area contributed by atoms with Crippen molar-refractivity contribution in [3.05, 3.63) is 54.6 Å². The van der Waals surface area contributed by atoms with Gasteiger partial charge >= 0.3 is 0 Å². The van der Waals surface area contributed by atoms with Crippen molar-refractivity contribution in [2.45, 2.75) is 38.2 Å². The van der Waals surface area contributed by atoms with Crippen molar-refractivity contribution in [1.82, 2.24) is 0 Å². The maximum absolute atomic E-state index is 6.12. The zero-order valence-electron chi connectivity index (χ0n) is 12.1. The van der Waals surface area contributed by atoms with Gasteiger partial charge in [-0.05, 0) is 65.4 Å². The molecular weight excluding hydrogens is 256 g/mol. The Labute approximate surface area is 125 Å². The Bertz CT molecular complexity index is 769. The third kappa shape index (κ3) is 2.61. The topological polar surface area (TPSA) is 9.23 Å². The van der Waals surface area contributed by atoms with E-state index in [-0.39, 0.29) is 0 Å². The van der Waals surface area contributed by atoms with E-state index in [1.807, 2.05) is 0 Å². The predicted molar refractivity (Wildman–Crippen MR) is 87.8 cm³/mol. The number of rotatable bonds is 2. The van der Waals surface area contributed by atoms with Crippen molar-refractivity contribution in [2.24, 2.45) is 0 Å². The van der Waals surface area contributed by atoms with Crippen LogP contribution in [0.3, 0.4) is 0 Å². The number of benzene rings is 3. The molecule has 1 nitrogen and oxygen atoms in total. The van der Waals surface area contributed by atoms with Gasteiger partial charge in [0, 0.05) is 6.07 Å². The van der Waals surface area contributed by atoms with E-state index in [9.17, 15) is 0 Å². The maximum atomic E-state index is 6.12. The van der Waals surface area contributed by atoms with Gasteiger partial charge in [-0.2, -0.15) is 0 Å². The molecule has 1 aliphatic carbocycles. The van der Waals surface area contributed by atoms with E-state index >= 15 is 0 Å². The normalized spacial score (nSPS) is 16.4. The highest BCUT2D eigenvalue weighted by molar-refractivity contribution is 5.98. The average molecular weight is 275 g/mol. The Hall–Kier alpha value is -2.02. The zero-order chi connectivity index (χ0) is 14.1. The molecule has 4 rings (SSSR count). The Morgan fingerprint density at radius 1 is 0.810 bits per heavy atom. The molecule has 21 heavy (non-hydrogen) atoms. The Balaban J connectivity index is 1.69. The molecule has 1 saturated carbocycles. The molecule has 0 saturated heterocycles. The summed E-state index contributed by atoms with van der Waals surface area (Å²) in [5.74, 6) is 0.893. The Morgan fingerprint density at radius 2 is 1.57 bits per heavy atom. The van der Waals surface area contributed by atoms with Crippen molar-refractivity contribution in [1.29, 1.82) is 0 Å². The maximum Gasteiger partial charge on any atom is 0.128 e. The fourth-order valence-electron chi connectivity index (χ4n) is 3.28. The van der Waals surface area contributed by atoms with Gasteiger partial charge in [-0.25, -0.2) is 0 Å². The first-order chi connectivity index (χ1) is 10.4. The van der Waals surface area contributed by atoms with Gasteiger partial charge in [0.05, 0.1) is 6.10 Å². The summed E-state index contributed by atoms with van der Waals surface area (Å²) in [6.45, 7) is 0. The van der Waals surface area contributed by atoms with Crippen LogP contribution >= 0.6 is 0 Å². The van der Waals surface area contributed by atoms with Crippen LogP contribution in [0.4, 0.5) is 0 Å². The Kier molecular flexibility index (Phi) is 3.27. The van der Waals surface area contributed by atoms with Gasteiger partial charge in [0.2, 0.25) is 0 Å². The molecular formula is C20H19O. The van der Waals surface area contributed by atoms with Gasteiger partial charge in [-0.1, -0.05) is 36.8 Å². The molecule has 1 radical (unpaired) electrons. The molecule has 1 heteroatoms. The number of fused-ring (bicyclic) bond motifs is 2. The van der Waals surface area contributed by atoms with Crippen LogP contribution in [-0.4, -0.2) is 6.10 Å². The molecule has 1 aliphatic rings. The minimum absolute atomic E-state index is 0.382. The molecule has 1 fully saturated rings. The van der Waals surface area contributed by atoms with Gasteiger partial charge in [-0.3, -0.25) is 0 Å². The predicted octanol–water partition coefficient (Wildman–Crippen LogP) is 5.50. The van der Waals surface area contributed by atoms with Gasteiger partial charge in [0.25, 0.3) is 0 Å². The van der Waals surface area contributed by atoms with E-state index in [0.29, 0.717) is 6.10 Å². The second-order valence-corrected chi connectivity index (χ2v) is 5.99. The van der Waals surface area contributed by atoms with E-state index in [0.717, 1.165) is 11.1 Å². The van der Waals surface area contributed by atoms with Crippen molar-refractivity contribution in [3.63, 3.8) is 0 Å². The van der Waals surface area contributed by atoms with Crippen LogP contribution in [0.15, 0.2) is 48.5 Å². The first-order valence-corrected chi connectivity index (χ1v) is 7.90. The van der Waals surface area contributed by atoms with E-state index in [1.54, 1.807) is 0 Å². The minimum atomic E-state index is 0.382. The molecule has 0 bridgehead atoms. The molecule has 0 heterocycles. The van der Waals surface area contributed by atoms with Crippen LogP contribution in [0.1, 0.15) is 32.1 Å². The zero-order valence-corrected chi connectivity index (χ0v) is 12.1. The molecule has 0 spiro atoms. The first-order valence-electron chi connectivity index (χ1n) is 7.90. The number of ether oxygens (including phenoxy) is 1. The van der Waals surface area contributed by atoms with Crippen LogP contribution in [0.2, 0.25) is 0 Å². The summed E-state index contributed by atoms with van der Waals surface area (Å²) in [5, 5.41) is 4.90. The van der Waals surface area contributed by atoms with Gasteiger partial charge in [0.15, 0.2) is 0 Å². The van der Waals surface area contributed by atoms with E-state index in [4.69, 9.17) is 4.74 Å². The van der Waals surface area contributed by atoms with Crippen molar-refractivity contribution >= 4 is 21.5 Å². The lowest BCUT2D eigenvalue weighted by Crippen LogP contribution is -2.19. The summed E-state index contributed by atoms with van der Waals surface area (Å²) in [7, 11) is 0. The van der Waals surface area contributed by atoms with E-state index in [1.165, 1.54) is 48.3 Å². The second kappa shape index (κ2) is 5.40. The van der Waals surface area contributed by atoms with E-state index in [2.05, 4.69) is 54.6 Å². The van der Waals surface area contributed by atoms with E-state index < -0.39 is 0 Å². The summed E-state index contributed by atoms with van der Waals surface area (Å²) in [6.07, 6.45) is 6.69. The molecule has 0 atom stereocenters. The first kappa shape index (κ1) is 12.7. The molecule has 0 aliphatic heterocycles. The number of hydrogen-bond acceptors (Lipinski definition) is 1. The van der Waals surface area contributed by atoms with Crippen molar-refractivity contribution < 1.29 is 4.74 Å². The quantitative estimate of drug-likeness (QED) is 0.561. The van der Waals surface area contributed by atoms with Crippen molar-refractivity contribution in [2.75, 3.05) is 0 Å². The summed E-state index contributed by atoms with van der Waals surface area (Å²) in [5.41, 5.74) is 0. The molecule has 0 amide bonds. The summed E-state index contributed by atoms with van der Waals surface area (Å²) >= 11 is 0. The SMILES string of the molecule is [c]1c(OC2CCCCC2)ccc2cc3ccccc3cc12. The molecule has 0 unspecified atom stereocenters. The molecule has 0 aromatic heterocycles. The average Bonchev–Trinajstić information content (AvgIpc) is 2.54. The lowest BCUT2D eigenvalue weighted by Gasteiger charge is -2.23. The van der Waals surface area contributed by atoms with Crippen LogP contribution in [-0.2, 0) is 0 Å². The molecule has 3 aromatic carbocycles. The van der Waals surface area contributed by atoms with Crippen LogP contribution in [0.25, 0.3) is 21.5 Å². The lowest BCUT2D eigenvalue weighted by atomic mass is 9.97. The number of hydrogen-bond donors (Lipinski definition) is 0. The largest absolute Gasteiger partial charge is 0.490 e. The molecule has 105 valence electrons. The summed E-state index contributed by atoms with van der Waals surface area (Å²) < 4.78 is 6.12. The third-order valence-corrected chi connectivity index (χ3v) is 4.44. The summed E-state index contributed by atoms with van der Waals surface area (Å²) in [6, 6.07) is 20.6. The van der Waals surface area contributed by atoms with Crippen molar-refractivity contribution in [3.8, 4) is 5.75 Å². The monoisotopic (exact) mass is 275 g/mol. The lowest BCUT2D eigenvalue weighted by molar-refractivity contribution is 0.155. The highest BCUT2D eigenvalue weighted by Crippen LogP contribution is 2.28. The van der Waals surface area contributed by atoms with Crippen LogP contribution < -0.4 is 4.74 Å². The second-order valence-electron chi connectivity index (χ2n) is 5.99. The fraction of sp³-hybridized carbons (Fsp3) is 0.300. The van der Waals surface area contributed by atoms with Gasteiger partial charge in [-0.15, -0.1) is 0 Å². The molecule has 0 N–H and O–H groups in total. The fourth-order valence-corrected chi connectivity index (χ4v) is 3.28. The Morgan fingerprint density at radius 3 is 2.38 bits per heavy atom. The van der Waals surface area contributed by atoms with Crippen LogP contribution in [0.5, 0.6) is 5.75 Å². The minimum Gasteiger partial charge on any atom is -0.490 e. The van der Waals surface area contributed by atoms with Gasteiger partial charge < -0.3 is 4.74 Å². The highest BCUT2D eigenvalue weighted by atomic mass is 16.5. The van der Waals surface area contributed by atoms with Crippen LogP contribution in [0, 0.1) is 6.07 Å². The highest BCUT2D eigenvalue weighted by Gasteiger charge is 2.15. The summed E-state index contributed by atoms with van der Waals surface area (Å²) in [4.78, 5) is 0.